The zero-order chi connectivity index (χ0) is 14.8. The minimum absolute atomic E-state index is 0. The van der Waals surface area contributed by atoms with E-state index in [2.05, 4.69) is 10.2 Å². The molecule has 0 aromatic heterocycles. The number of nitrogens with zero attached hydrogens (tertiary/aromatic N) is 1. The maximum absolute atomic E-state index is 13.5. The molecule has 22 heavy (non-hydrogen) atoms. The Morgan fingerprint density at radius 3 is 2.82 bits per heavy atom. The predicted octanol–water partition coefficient (Wildman–Crippen LogP) is 2.25. The zero-order valence-corrected chi connectivity index (χ0v) is 13.3. The Morgan fingerprint density at radius 2 is 2.09 bits per heavy atom. The number of carbonyl (C=O) groups is 1. The van der Waals surface area contributed by atoms with Gasteiger partial charge in [-0.15, -0.1) is 12.4 Å². The molecule has 4 nitrogen and oxygen atoms in total. The van der Waals surface area contributed by atoms with E-state index in [4.69, 9.17) is 5.73 Å². The van der Waals surface area contributed by atoms with Gasteiger partial charge < -0.3 is 16.0 Å². The molecule has 6 heteroatoms. The summed E-state index contributed by atoms with van der Waals surface area (Å²) in [6, 6.07) is 6.57. The van der Waals surface area contributed by atoms with Crippen LogP contribution in [-0.2, 0) is 4.79 Å². The van der Waals surface area contributed by atoms with Crippen molar-refractivity contribution in [1.29, 1.82) is 0 Å². The Kier molecular flexibility index (Phi) is 5.78. The average molecular weight is 328 g/mol. The van der Waals surface area contributed by atoms with Gasteiger partial charge in [-0.25, -0.2) is 4.39 Å². The summed E-state index contributed by atoms with van der Waals surface area (Å²) >= 11 is 0. The van der Waals surface area contributed by atoms with Gasteiger partial charge >= 0.3 is 0 Å². The van der Waals surface area contributed by atoms with Crippen molar-refractivity contribution < 1.29 is 9.18 Å². The van der Waals surface area contributed by atoms with Crippen LogP contribution < -0.4 is 11.1 Å². The van der Waals surface area contributed by atoms with Crippen molar-refractivity contribution in [2.45, 2.75) is 25.3 Å². The third-order valence-corrected chi connectivity index (χ3v) is 4.79. The van der Waals surface area contributed by atoms with Crippen LogP contribution in [0.5, 0.6) is 0 Å². The molecule has 1 aliphatic carbocycles. The number of likely N-dealkylation sites (tertiary alicyclic amines) is 1. The molecule has 0 radical (unpaired) electrons. The van der Waals surface area contributed by atoms with Gasteiger partial charge in [0.1, 0.15) is 5.82 Å². The van der Waals surface area contributed by atoms with E-state index in [1.54, 1.807) is 18.2 Å². The molecule has 0 spiro atoms. The maximum atomic E-state index is 13.5. The van der Waals surface area contributed by atoms with Crippen molar-refractivity contribution in [2.75, 3.05) is 25.0 Å². The number of para-hydroxylation sites is 1. The summed E-state index contributed by atoms with van der Waals surface area (Å²) in [6.07, 6.45) is 2.74. The number of amides is 1. The van der Waals surface area contributed by atoms with Gasteiger partial charge in [-0.3, -0.25) is 4.79 Å². The van der Waals surface area contributed by atoms with Crippen LogP contribution in [0.3, 0.4) is 0 Å². The molecule has 3 N–H and O–H groups in total. The predicted molar refractivity (Wildman–Crippen MR) is 87.5 cm³/mol. The van der Waals surface area contributed by atoms with Crippen molar-refractivity contribution in [2.24, 2.45) is 17.6 Å². The normalized spacial score (nSPS) is 27.3. The number of fused-ring (bicyclic) bond motifs is 1. The molecular formula is C16H23ClFN3O. The van der Waals surface area contributed by atoms with Crippen molar-refractivity contribution in [1.82, 2.24) is 4.90 Å². The van der Waals surface area contributed by atoms with E-state index in [0.29, 0.717) is 24.3 Å². The molecule has 3 atom stereocenters. The third-order valence-electron chi connectivity index (χ3n) is 4.79. The number of halogens is 2. The minimum atomic E-state index is -0.396. The largest absolute Gasteiger partial charge is 0.327 e. The van der Waals surface area contributed by atoms with E-state index < -0.39 is 5.82 Å². The van der Waals surface area contributed by atoms with Gasteiger partial charge in [0.2, 0.25) is 5.91 Å². The molecule has 2 fully saturated rings. The number of hydrogen-bond donors (Lipinski definition) is 2. The standard InChI is InChI=1S/C16H22FN3O.ClH/c17-13-3-1-2-4-15(13)19-16(21)7-8-20-9-11-5-6-14(18)12(11)10-20;/h1-4,11-12,14H,5-10,18H2,(H,19,21);1H. The van der Waals surface area contributed by atoms with E-state index in [0.717, 1.165) is 26.1 Å². The molecular weight excluding hydrogens is 305 g/mol. The lowest BCUT2D eigenvalue weighted by Crippen LogP contribution is -2.31. The van der Waals surface area contributed by atoms with Gasteiger partial charge in [-0.1, -0.05) is 12.1 Å². The monoisotopic (exact) mass is 327 g/mol. The van der Waals surface area contributed by atoms with Crippen LogP contribution in [0.1, 0.15) is 19.3 Å². The van der Waals surface area contributed by atoms with Crippen LogP contribution in [-0.4, -0.2) is 36.5 Å². The second-order valence-electron chi connectivity index (χ2n) is 6.20. The third kappa shape index (κ3) is 3.77. The van der Waals surface area contributed by atoms with E-state index in [1.165, 1.54) is 12.5 Å². The fraction of sp³-hybridized carbons (Fsp3) is 0.562. The molecule has 1 aromatic rings. The number of rotatable bonds is 4. The Morgan fingerprint density at radius 1 is 1.32 bits per heavy atom. The molecule has 1 saturated carbocycles. The molecule has 1 aliphatic heterocycles. The van der Waals surface area contributed by atoms with Gasteiger partial charge in [-0.05, 0) is 36.8 Å². The topological polar surface area (TPSA) is 58.4 Å². The van der Waals surface area contributed by atoms with Gasteiger partial charge in [0, 0.05) is 32.1 Å². The Labute approximate surface area is 136 Å². The van der Waals surface area contributed by atoms with Crippen molar-refractivity contribution in [3.05, 3.63) is 30.1 Å². The van der Waals surface area contributed by atoms with Gasteiger partial charge in [-0.2, -0.15) is 0 Å². The highest BCUT2D eigenvalue weighted by atomic mass is 35.5. The number of carbonyl (C=O) groups excluding carboxylic acids is 1. The lowest BCUT2D eigenvalue weighted by Gasteiger charge is -2.18. The smallest absolute Gasteiger partial charge is 0.225 e. The molecule has 122 valence electrons. The lowest BCUT2D eigenvalue weighted by molar-refractivity contribution is -0.116. The molecule has 3 rings (SSSR count). The molecule has 1 saturated heterocycles. The summed E-state index contributed by atoms with van der Waals surface area (Å²) < 4.78 is 13.5. The molecule has 1 heterocycles. The van der Waals surface area contributed by atoms with Crippen LogP contribution in [0.4, 0.5) is 10.1 Å². The van der Waals surface area contributed by atoms with Crippen LogP contribution in [0.15, 0.2) is 24.3 Å². The first-order chi connectivity index (χ1) is 10.1. The second kappa shape index (κ2) is 7.40. The number of benzene rings is 1. The highest BCUT2D eigenvalue weighted by Gasteiger charge is 2.40. The fourth-order valence-corrected chi connectivity index (χ4v) is 3.62. The maximum Gasteiger partial charge on any atom is 0.225 e. The van der Waals surface area contributed by atoms with Crippen molar-refractivity contribution in [3.8, 4) is 0 Å². The van der Waals surface area contributed by atoms with Gasteiger partial charge in [0.05, 0.1) is 5.69 Å². The SMILES string of the molecule is Cl.NC1CCC2CN(CCC(=O)Nc3ccccc3F)CC12. The lowest BCUT2D eigenvalue weighted by atomic mass is 9.98. The van der Waals surface area contributed by atoms with Gasteiger partial charge in [0.15, 0.2) is 0 Å². The molecule has 1 amide bonds. The Balaban J connectivity index is 0.00000176. The van der Waals surface area contributed by atoms with Crippen LogP contribution in [0.25, 0.3) is 0 Å². The molecule has 0 bridgehead atoms. The number of nitrogens with one attached hydrogen (secondary N) is 1. The summed E-state index contributed by atoms with van der Waals surface area (Å²) in [5.74, 6) is 0.767. The highest BCUT2D eigenvalue weighted by molar-refractivity contribution is 5.90. The zero-order valence-electron chi connectivity index (χ0n) is 12.5. The average Bonchev–Trinajstić information content (AvgIpc) is 3.02. The minimum Gasteiger partial charge on any atom is -0.327 e. The Hall–Kier alpha value is -1.17. The molecule has 2 aliphatic rings. The molecule has 1 aromatic carbocycles. The van der Waals surface area contributed by atoms with Crippen LogP contribution in [0, 0.1) is 17.7 Å². The highest BCUT2D eigenvalue weighted by Crippen LogP contribution is 2.36. The van der Waals surface area contributed by atoms with Crippen LogP contribution >= 0.6 is 12.4 Å². The first kappa shape index (κ1) is 17.2. The number of nitrogens with two attached hydrogens (primary N) is 1. The number of anilines is 1. The Bertz CT molecular complexity index is 528. The van der Waals surface area contributed by atoms with E-state index in [-0.39, 0.29) is 24.0 Å². The van der Waals surface area contributed by atoms with E-state index >= 15 is 0 Å². The summed E-state index contributed by atoms with van der Waals surface area (Å²) in [5.41, 5.74) is 6.36. The fourth-order valence-electron chi connectivity index (χ4n) is 3.62. The summed E-state index contributed by atoms with van der Waals surface area (Å²) in [7, 11) is 0. The van der Waals surface area contributed by atoms with Gasteiger partial charge in [0.25, 0.3) is 0 Å². The van der Waals surface area contributed by atoms with E-state index in [1.807, 2.05) is 0 Å². The van der Waals surface area contributed by atoms with E-state index in [9.17, 15) is 9.18 Å². The molecule has 3 unspecified atom stereocenters. The number of hydrogen-bond acceptors (Lipinski definition) is 3. The second-order valence-corrected chi connectivity index (χ2v) is 6.20. The van der Waals surface area contributed by atoms with Crippen molar-refractivity contribution >= 4 is 24.0 Å². The first-order valence-corrected chi connectivity index (χ1v) is 7.66. The quantitative estimate of drug-likeness (QED) is 0.891. The summed E-state index contributed by atoms with van der Waals surface area (Å²) in [6.45, 7) is 2.77. The van der Waals surface area contributed by atoms with Crippen molar-refractivity contribution in [3.63, 3.8) is 0 Å². The first-order valence-electron chi connectivity index (χ1n) is 7.66. The summed E-state index contributed by atoms with van der Waals surface area (Å²) in [5, 5.41) is 2.63. The van der Waals surface area contributed by atoms with Crippen LogP contribution in [0.2, 0.25) is 0 Å². The summed E-state index contributed by atoms with van der Waals surface area (Å²) in [4.78, 5) is 14.2.